The Hall–Kier alpha value is -1.18. The molecule has 2 heterocycles. The second kappa shape index (κ2) is 5.85. The van der Waals surface area contributed by atoms with Crippen molar-refractivity contribution in [3.8, 4) is 0 Å². The van der Waals surface area contributed by atoms with Gasteiger partial charge in [-0.1, -0.05) is 11.6 Å². The van der Waals surface area contributed by atoms with Gasteiger partial charge in [-0.2, -0.15) is 9.40 Å². The zero-order valence-electron chi connectivity index (χ0n) is 11.3. The Kier molecular flexibility index (Phi) is 4.38. The molecule has 0 spiro atoms. The normalized spacial score (nSPS) is 17.5. The minimum Gasteiger partial charge on any atom is -0.318 e. The van der Waals surface area contributed by atoms with Crippen LogP contribution >= 0.6 is 0 Å². The van der Waals surface area contributed by atoms with Gasteiger partial charge >= 0.3 is 0 Å². The molecule has 0 amide bonds. The third-order valence-electron chi connectivity index (χ3n) is 3.14. The van der Waals surface area contributed by atoms with E-state index in [4.69, 9.17) is 0 Å². The Bertz CT molecular complexity index is 562. The van der Waals surface area contributed by atoms with Crippen molar-refractivity contribution in [1.82, 2.24) is 19.4 Å². The Morgan fingerprint density at radius 3 is 2.95 bits per heavy atom. The monoisotopic (exact) mass is 284 g/mol. The van der Waals surface area contributed by atoms with Gasteiger partial charge < -0.3 is 5.32 Å². The van der Waals surface area contributed by atoms with Crippen molar-refractivity contribution >= 4 is 10.0 Å². The number of hydrogen-bond donors (Lipinski definition) is 1. The molecule has 0 unspecified atom stereocenters. The van der Waals surface area contributed by atoms with Crippen LogP contribution in [-0.2, 0) is 16.6 Å². The second-order valence-electron chi connectivity index (χ2n) is 4.72. The van der Waals surface area contributed by atoms with Crippen LogP contribution in [-0.4, -0.2) is 49.2 Å². The van der Waals surface area contributed by atoms with Gasteiger partial charge in [0.1, 0.15) is 4.90 Å². The van der Waals surface area contributed by atoms with Crippen molar-refractivity contribution in [1.29, 1.82) is 0 Å². The van der Waals surface area contributed by atoms with Gasteiger partial charge in [0.05, 0.1) is 12.7 Å². The van der Waals surface area contributed by atoms with Crippen LogP contribution in [0.2, 0.25) is 0 Å². The summed E-state index contributed by atoms with van der Waals surface area (Å²) in [5.74, 6) is 0. The van der Waals surface area contributed by atoms with Crippen LogP contribution in [0.25, 0.3) is 0 Å². The predicted molar refractivity (Wildman–Crippen MR) is 73.3 cm³/mol. The number of aromatic nitrogens is 2. The van der Waals surface area contributed by atoms with E-state index in [0.29, 0.717) is 19.6 Å². The van der Waals surface area contributed by atoms with E-state index < -0.39 is 10.0 Å². The molecule has 2 rings (SSSR count). The highest BCUT2D eigenvalue weighted by Gasteiger charge is 2.27. The number of rotatable bonds is 5. The van der Waals surface area contributed by atoms with Gasteiger partial charge in [-0.15, -0.1) is 0 Å². The molecule has 0 bridgehead atoms. The van der Waals surface area contributed by atoms with Crippen molar-refractivity contribution in [3.63, 3.8) is 0 Å². The standard InChI is InChI=1S/C12H20N4O2S/c1-11-4-3-6-16(9-11)19(17,18)12-8-14-15(10-12)7-5-13-2/h4,8,10,13H,3,5-7,9H2,1-2H3. The van der Waals surface area contributed by atoms with Gasteiger partial charge in [0.2, 0.25) is 10.0 Å². The molecule has 0 atom stereocenters. The number of sulfonamides is 1. The second-order valence-corrected chi connectivity index (χ2v) is 6.66. The predicted octanol–water partition coefficient (Wildman–Crippen LogP) is 0.443. The molecule has 106 valence electrons. The molecular formula is C12H20N4O2S. The molecule has 7 heteroatoms. The summed E-state index contributed by atoms with van der Waals surface area (Å²) in [6, 6.07) is 0. The summed E-state index contributed by atoms with van der Waals surface area (Å²) >= 11 is 0. The lowest BCUT2D eigenvalue weighted by molar-refractivity contribution is 0.428. The number of likely N-dealkylation sites (N-methyl/N-ethyl adjacent to an activating group) is 1. The van der Waals surface area contributed by atoms with Crippen molar-refractivity contribution in [2.45, 2.75) is 24.8 Å². The Morgan fingerprint density at radius 2 is 2.26 bits per heavy atom. The van der Waals surface area contributed by atoms with E-state index in [-0.39, 0.29) is 4.90 Å². The van der Waals surface area contributed by atoms with E-state index in [2.05, 4.69) is 16.5 Å². The molecule has 6 nitrogen and oxygen atoms in total. The Morgan fingerprint density at radius 1 is 1.47 bits per heavy atom. The van der Waals surface area contributed by atoms with Gasteiger partial charge in [-0.05, 0) is 20.4 Å². The lowest BCUT2D eigenvalue weighted by atomic mass is 10.2. The van der Waals surface area contributed by atoms with Crippen LogP contribution in [0.5, 0.6) is 0 Å². The maximum absolute atomic E-state index is 12.4. The first kappa shape index (κ1) is 14.2. The fourth-order valence-corrected chi connectivity index (χ4v) is 3.51. The lowest BCUT2D eigenvalue weighted by Gasteiger charge is -2.24. The van der Waals surface area contributed by atoms with Crippen LogP contribution in [0.1, 0.15) is 13.3 Å². The van der Waals surface area contributed by atoms with Crippen molar-refractivity contribution in [3.05, 3.63) is 24.0 Å². The van der Waals surface area contributed by atoms with Gasteiger partial charge in [0, 0.05) is 25.8 Å². The summed E-state index contributed by atoms with van der Waals surface area (Å²) in [6.07, 6.45) is 5.89. The zero-order chi connectivity index (χ0) is 13.9. The third kappa shape index (κ3) is 3.23. The third-order valence-corrected chi connectivity index (χ3v) is 4.93. The first-order valence-electron chi connectivity index (χ1n) is 6.37. The number of hydrogen-bond acceptors (Lipinski definition) is 4. The van der Waals surface area contributed by atoms with Crippen LogP contribution in [0.4, 0.5) is 0 Å². The summed E-state index contributed by atoms with van der Waals surface area (Å²) in [7, 11) is -1.56. The summed E-state index contributed by atoms with van der Waals surface area (Å²) in [5, 5.41) is 7.10. The molecule has 0 aliphatic carbocycles. The molecular weight excluding hydrogens is 264 g/mol. The average molecular weight is 284 g/mol. The molecule has 0 saturated carbocycles. The fourth-order valence-electron chi connectivity index (χ4n) is 2.06. The molecule has 1 aromatic heterocycles. The van der Waals surface area contributed by atoms with Crippen molar-refractivity contribution in [2.75, 3.05) is 26.7 Å². The van der Waals surface area contributed by atoms with E-state index in [9.17, 15) is 8.42 Å². The van der Waals surface area contributed by atoms with E-state index >= 15 is 0 Å². The largest absolute Gasteiger partial charge is 0.318 e. The zero-order valence-corrected chi connectivity index (χ0v) is 12.2. The van der Waals surface area contributed by atoms with Crippen LogP contribution in [0.15, 0.2) is 28.9 Å². The van der Waals surface area contributed by atoms with Crippen LogP contribution in [0, 0.1) is 0 Å². The smallest absolute Gasteiger partial charge is 0.246 e. The number of nitrogens with one attached hydrogen (secondary N) is 1. The highest BCUT2D eigenvalue weighted by molar-refractivity contribution is 7.89. The molecule has 19 heavy (non-hydrogen) atoms. The highest BCUT2D eigenvalue weighted by Crippen LogP contribution is 2.19. The molecule has 1 N–H and O–H groups in total. The van der Waals surface area contributed by atoms with Gasteiger partial charge in [0.25, 0.3) is 0 Å². The maximum atomic E-state index is 12.4. The van der Waals surface area contributed by atoms with E-state index in [1.54, 1.807) is 10.9 Å². The molecule has 0 radical (unpaired) electrons. The molecule has 0 saturated heterocycles. The topological polar surface area (TPSA) is 67.2 Å². The van der Waals surface area contributed by atoms with E-state index in [1.807, 2.05) is 14.0 Å². The van der Waals surface area contributed by atoms with Crippen molar-refractivity contribution in [2.24, 2.45) is 0 Å². The first-order chi connectivity index (χ1) is 9.04. The Labute approximate surface area is 114 Å². The average Bonchev–Trinajstić information content (AvgIpc) is 2.86. The number of nitrogens with zero attached hydrogens (tertiary/aromatic N) is 3. The fraction of sp³-hybridized carbons (Fsp3) is 0.583. The van der Waals surface area contributed by atoms with Crippen molar-refractivity contribution < 1.29 is 8.42 Å². The minimum absolute atomic E-state index is 0.276. The lowest BCUT2D eigenvalue weighted by Crippen LogP contribution is -2.35. The van der Waals surface area contributed by atoms with Gasteiger partial charge in [-0.3, -0.25) is 4.68 Å². The molecule has 1 aromatic rings. The summed E-state index contributed by atoms with van der Waals surface area (Å²) in [5.41, 5.74) is 1.09. The van der Waals surface area contributed by atoms with Crippen LogP contribution in [0.3, 0.4) is 0 Å². The van der Waals surface area contributed by atoms with Crippen LogP contribution < -0.4 is 5.32 Å². The molecule has 0 aromatic carbocycles. The quantitative estimate of drug-likeness (QED) is 0.797. The molecule has 1 aliphatic rings. The minimum atomic E-state index is -3.41. The van der Waals surface area contributed by atoms with E-state index in [0.717, 1.165) is 18.5 Å². The Balaban J connectivity index is 2.15. The summed E-state index contributed by atoms with van der Waals surface area (Å²) in [4.78, 5) is 0.276. The van der Waals surface area contributed by atoms with Gasteiger partial charge in [-0.25, -0.2) is 8.42 Å². The van der Waals surface area contributed by atoms with Gasteiger partial charge in [0.15, 0.2) is 0 Å². The molecule has 1 aliphatic heterocycles. The van der Waals surface area contributed by atoms with E-state index in [1.165, 1.54) is 10.5 Å². The molecule has 0 fully saturated rings. The highest BCUT2D eigenvalue weighted by atomic mass is 32.2. The first-order valence-corrected chi connectivity index (χ1v) is 7.81. The summed E-state index contributed by atoms with van der Waals surface area (Å²) in [6.45, 7) is 4.39. The SMILES string of the molecule is CNCCn1cc(S(=O)(=O)N2CCC=C(C)C2)cn1. The summed E-state index contributed by atoms with van der Waals surface area (Å²) < 4.78 is 28.1. The maximum Gasteiger partial charge on any atom is 0.246 e.